The first kappa shape index (κ1) is 30.2. The number of alkyl halides is 3. The molecule has 6 rings (SSSR count). The molecule has 1 aliphatic carbocycles. The third-order valence-corrected chi connectivity index (χ3v) is 8.72. The van der Waals surface area contributed by atoms with E-state index in [0.29, 0.717) is 28.8 Å². The molecule has 0 spiro atoms. The average molecular weight is 621 g/mol. The smallest absolute Gasteiger partial charge is 0.388 e. The fraction of sp³-hybridized carbons (Fsp3) is 0.375. The van der Waals surface area contributed by atoms with Gasteiger partial charge in [0, 0.05) is 47.2 Å². The molecule has 10 nitrogen and oxygen atoms in total. The lowest BCUT2D eigenvalue weighted by Gasteiger charge is -2.27. The van der Waals surface area contributed by atoms with Crippen molar-refractivity contribution in [1.82, 2.24) is 24.4 Å². The van der Waals surface area contributed by atoms with Crippen LogP contribution in [-0.4, -0.2) is 60.5 Å². The summed E-state index contributed by atoms with van der Waals surface area (Å²) in [5, 5.41) is 3.31. The number of nitrogens with one attached hydrogen (secondary N) is 1. The molecule has 13 heteroatoms. The van der Waals surface area contributed by atoms with Crippen LogP contribution in [0.2, 0.25) is 0 Å². The van der Waals surface area contributed by atoms with Gasteiger partial charge in [0.05, 0.1) is 5.52 Å². The SMILES string of the molecule is CC(=O)c1cn(CC(=O)N2[C@H](C(=O)Nc3nc(OC(F)(F)F)ccc3C)C[C@@]3(C)C[C@@H]23)c2c(C)cc(-c3cnc(C)nc3)cc12. The Bertz CT molecular complexity index is 1870. The standard InChI is InChI=1S/C32H31F3N6O4/c1-16-6-7-26(45-32(33,34)35)38-29(16)39-30(44)24-10-31(5)11-25(31)41(24)27(43)15-40-14-23(18(3)42)22-9-20(8-17(2)28(22)40)21-12-36-19(4)37-13-21/h6-9,12-14,24-25H,10-11,15H2,1-5H3,(H,38,39,44)/t24-,25+,31-/m0/s1. The molecule has 4 heterocycles. The van der Waals surface area contributed by atoms with Crippen LogP contribution in [0.1, 0.15) is 54.0 Å². The zero-order valence-corrected chi connectivity index (χ0v) is 25.3. The molecule has 3 aromatic heterocycles. The Labute approximate surface area is 256 Å². The number of ether oxygens (including phenoxy) is 1. The van der Waals surface area contributed by atoms with Crippen LogP contribution in [0.4, 0.5) is 19.0 Å². The van der Waals surface area contributed by atoms with Crippen molar-refractivity contribution >= 4 is 34.3 Å². The van der Waals surface area contributed by atoms with Crippen LogP contribution >= 0.6 is 0 Å². The zero-order chi connectivity index (χ0) is 32.4. The lowest BCUT2D eigenvalue weighted by Crippen LogP contribution is -2.46. The summed E-state index contributed by atoms with van der Waals surface area (Å²) < 4.78 is 43.9. The molecule has 1 aliphatic heterocycles. The predicted octanol–water partition coefficient (Wildman–Crippen LogP) is 5.54. The summed E-state index contributed by atoms with van der Waals surface area (Å²) in [6.07, 6.45) is 1.31. The van der Waals surface area contributed by atoms with Gasteiger partial charge >= 0.3 is 6.36 Å². The van der Waals surface area contributed by atoms with Gasteiger partial charge in [-0.1, -0.05) is 13.0 Å². The Kier molecular flexibility index (Phi) is 7.17. The summed E-state index contributed by atoms with van der Waals surface area (Å²) in [4.78, 5) is 54.1. The number of aryl methyl sites for hydroxylation is 3. The van der Waals surface area contributed by atoms with Crippen LogP contribution in [0, 0.1) is 26.2 Å². The molecule has 2 amide bonds. The van der Waals surface area contributed by atoms with Gasteiger partial charge in [-0.25, -0.2) is 9.97 Å². The number of amides is 2. The Morgan fingerprint density at radius 2 is 1.76 bits per heavy atom. The number of benzene rings is 1. The number of nitrogens with zero attached hydrogens (tertiary/aromatic N) is 5. The largest absolute Gasteiger partial charge is 0.574 e. The number of anilines is 1. The van der Waals surface area contributed by atoms with Crippen molar-refractivity contribution in [3.8, 4) is 17.0 Å². The number of carbonyl (C=O) groups is 3. The van der Waals surface area contributed by atoms with Crippen LogP contribution in [0.15, 0.2) is 42.9 Å². The quantitative estimate of drug-likeness (QED) is 0.270. The summed E-state index contributed by atoms with van der Waals surface area (Å²) in [5.74, 6) is -1.14. The Morgan fingerprint density at radius 1 is 1.04 bits per heavy atom. The van der Waals surface area contributed by atoms with E-state index >= 15 is 0 Å². The van der Waals surface area contributed by atoms with Crippen molar-refractivity contribution in [3.05, 3.63) is 65.4 Å². The third kappa shape index (κ3) is 5.74. The number of halogens is 3. The molecular weight excluding hydrogens is 589 g/mol. The van der Waals surface area contributed by atoms with Gasteiger partial charge in [0.25, 0.3) is 0 Å². The summed E-state index contributed by atoms with van der Waals surface area (Å²) in [5.41, 5.74) is 3.86. The minimum absolute atomic E-state index is 0.0761. The van der Waals surface area contributed by atoms with Gasteiger partial charge < -0.3 is 19.5 Å². The van der Waals surface area contributed by atoms with Crippen LogP contribution < -0.4 is 10.1 Å². The normalized spacial score (nSPS) is 20.7. The first-order valence-electron chi connectivity index (χ1n) is 14.4. The number of carbonyl (C=O) groups excluding carboxylic acids is 3. The van der Waals surface area contributed by atoms with Gasteiger partial charge in [-0.2, -0.15) is 4.98 Å². The van der Waals surface area contributed by atoms with E-state index in [1.165, 1.54) is 13.0 Å². The molecule has 45 heavy (non-hydrogen) atoms. The molecule has 0 unspecified atom stereocenters. The molecule has 4 aromatic rings. The number of fused-ring (bicyclic) bond motifs is 2. The third-order valence-electron chi connectivity index (χ3n) is 8.72. The average Bonchev–Trinajstić information content (AvgIpc) is 3.30. The number of rotatable bonds is 7. The molecule has 0 radical (unpaired) electrons. The lowest BCUT2D eigenvalue weighted by molar-refractivity contribution is -0.276. The van der Waals surface area contributed by atoms with E-state index in [1.54, 1.807) is 41.9 Å². The lowest BCUT2D eigenvalue weighted by atomic mass is 10.0. The second-order valence-electron chi connectivity index (χ2n) is 12.2. The minimum Gasteiger partial charge on any atom is -0.388 e. The van der Waals surface area contributed by atoms with E-state index in [2.05, 4.69) is 25.0 Å². The van der Waals surface area contributed by atoms with E-state index in [1.807, 2.05) is 26.0 Å². The Morgan fingerprint density at radius 3 is 2.42 bits per heavy atom. The van der Waals surface area contributed by atoms with Gasteiger partial charge in [-0.15, -0.1) is 13.2 Å². The number of piperidine rings is 1. The number of likely N-dealkylation sites (tertiary alicyclic amines) is 1. The van der Waals surface area contributed by atoms with Gasteiger partial charge in [0.2, 0.25) is 17.7 Å². The highest BCUT2D eigenvalue weighted by molar-refractivity contribution is 6.09. The van der Waals surface area contributed by atoms with Crippen molar-refractivity contribution in [2.24, 2.45) is 5.41 Å². The molecule has 2 aliphatic rings. The first-order chi connectivity index (χ1) is 21.1. The highest BCUT2D eigenvalue weighted by Crippen LogP contribution is 2.59. The fourth-order valence-corrected chi connectivity index (χ4v) is 6.37. The molecule has 0 bridgehead atoms. The van der Waals surface area contributed by atoms with Crippen LogP contribution in [0.5, 0.6) is 5.88 Å². The predicted molar refractivity (Wildman–Crippen MR) is 158 cm³/mol. The van der Waals surface area contributed by atoms with E-state index < -0.39 is 24.2 Å². The van der Waals surface area contributed by atoms with Gasteiger partial charge in [0.1, 0.15) is 24.2 Å². The molecule has 1 saturated heterocycles. The number of hydrogen-bond donors (Lipinski definition) is 1. The second kappa shape index (κ2) is 10.7. The molecule has 234 valence electrons. The molecule has 2 fully saturated rings. The summed E-state index contributed by atoms with van der Waals surface area (Å²) in [6, 6.07) is 5.28. The number of Topliss-reactive ketones (excluding diaryl/α,β-unsaturated/α-hetero) is 1. The van der Waals surface area contributed by atoms with Crippen molar-refractivity contribution in [1.29, 1.82) is 0 Å². The van der Waals surface area contributed by atoms with E-state index in [4.69, 9.17) is 0 Å². The van der Waals surface area contributed by atoms with Crippen molar-refractivity contribution in [2.75, 3.05) is 5.32 Å². The maximum atomic E-state index is 14.0. The molecular formula is C32H31F3N6O4. The van der Waals surface area contributed by atoms with Crippen molar-refractivity contribution in [3.63, 3.8) is 0 Å². The Balaban J connectivity index is 1.28. The minimum atomic E-state index is -4.94. The molecule has 1 N–H and O–H groups in total. The number of ketones is 1. The van der Waals surface area contributed by atoms with Crippen molar-refractivity contribution < 1.29 is 32.3 Å². The number of aromatic nitrogens is 4. The van der Waals surface area contributed by atoms with Crippen LogP contribution in [0.25, 0.3) is 22.0 Å². The summed E-state index contributed by atoms with van der Waals surface area (Å²) in [7, 11) is 0. The van der Waals surface area contributed by atoms with Crippen molar-refractivity contribution in [2.45, 2.75) is 72.5 Å². The highest BCUT2D eigenvalue weighted by atomic mass is 19.4. The maximum Gasteiger partial charge on any atom is 0.574 e. The summed E-state index contributed by atoms with van der Waals surface area (Å²) >= 11 is 0. The topological polar surface area (TPSA) is 119 Å². The van der Waals surface area contributed by atoms with Gasteiger partial charge in [-0.3, -0.25) is 14.4 Å². The van der Waals surface area contributed by atoms with E-state index in [9.17, 15) is 27.6 Å². The molecule has 1 saturated carbocycles. The highest BCUT2D eigenvalue weighted by Gasteiger charge is 2.64. The molecule has 3 atom stereocenters. The van der Waals surface area contributed by atoms with E-state index in [0.717, 1.165) is 34.7 Å². The van der Waals surface area contributed by atoms with E-state index in [-0.39, 0.29) is 35.5 Å². The molecule has 1 aromatic carbocycles. The number of pyridine rings is 1. The maximum absolute atomic E-state index is 14.0. The fourth-order valence-electron chi connectivity index (χ4n) is 6.37. The van der Waals surface area contributed by atoms with Crippen LogP contribution in [-0.2, 0) is 16.1 Å². The van der Waals surface area contributed by atoms with Crippen LogP contribution in [0.3, 0.4) is 0 Å². The number of hydrogen-bond acceptors (Lipinski definition) is 7. The Hall–Kier alpha value is -4.81. The second-order valence-corrected chi connectivity index (χ2v) is 12.2. The van der Waals surface area contributed by atoms with Gasteiger partial charge in [-0.05, 0) is 74.8 Å². The first-order valence-corrected chi connectivity index (χ1v) is 14.4. The monoisotopic (exact) mass is 620 g/mol. The zero-order valence-electron chi connectivity index (χ0n) is 25.3. The van der Waals surface area contributed by atoms with Gasteiger partial charge in [0.15, 0.2) is 5.78 Å². The summed E-state index contributed by atoms with van der Waals surface area (Å²) in [6.45, 7) is 8.66.